The van der Waals surface area contributed by atoms with E-state index in [0.717, 1.165) is 6.42 Å². The van der Waals surface area contributed by atoms with Crippen LogP contribution < -0.4 is 4.74 Å². The van der Waals surface area contributed by atoms with Gasteiger partial charge in [-0.2, -0.15) is 0 Å². The Labute approximate surface area is 76.0 Å². The van der Waals surface area contributed by atoms with Gasteiger partial charge in [0.15, 0.2) is 0 Å². The largest absolute Gasteiger partial charge is 0.493 e. The number of aliphatic hydroxyl groups is 1. The van der Waals surface area contributed by atoms with Gasteiger partial charge in [-0.15, -0.1) is 0 Å². The molecule has 1 aromatic carbocycles. The number of hydrogen-bond donors (Lipinski definition) is 1. The maximum absolute atomic E-state index is 12.8. The maximum atomic E-state index is 12.8. The van der Waals surface area contributed by atoms with Crippen molar-refractivity contribution >= 4 is 0 Å². The second-order valence-corrected chi connectivity index (χ2v) is 3.19. The molecule has 2 nitrogen and oxygen atoms in total. The summed E-state index contributed by atoms with van der Waals surface area (Å²) in [5.41, 5.74) is 0.693. The SMILES string of the molecule is OC1CCCOc2cc(F)ccc21. The van der Waals surface area contributed by atoms with Crippen molar-refractivity contribution in [2.45, 2.75) is 18.9 Å². The monoisotopic (exact) mass is 182 g/mol. The zero-order chi connectivity index (χ0) is 9.26. The van der Waals surface area contributed by atoms with E-state index in [4.69, 9.17) is 4.74 Å². The summed E-state index contributed by atoms with van der Waals surface area (Å²) < 4.78 is 18.1. The van der Waals surface area contributed by atoms with E-state index in [0.29, 0.717) is 24.3 Å². The molecule has 3 heteroatoms. The summed E-state index contributed by atoms with van der Waals surface area (Å²) >= 11 is 0. The van der Waals surface area contributed by atoms with E-state index >= 15 is 0 Å². The second-order valence-electron chi connectivity index (χ2n) is 3.19. The maximum Gasteiger partial charge on any atom is 0.128 e. The minimum Gasteiger partial charge on any atom is -0.493 e. The Balaban J connectivity index is 2.42. The van der Waals surface area contributed by atoms with Gasteiger partial charge < -0.3 is 9.84 Å². The molecule has 0 amide bonds. The van der Waals surface area contributed by atoms with Crippen molar-refractivity contribution in [3.05, 3.63) is 29.6 Å². The molecular formula is C10H11FO2. The normalized spacial score (nSPS) is 21.5. The van der Waals surface area contributed by atoms with E-state index in [1.54, 1.807) is 6.07 Å². The fraction of sp³-hybridized carbons (Fsp3) is 0.400. The summed E-state index contributed by atoms with van der Waals surface area (Å²) in [6, 6.07) is 4.25. The molecule has 0 saturated carbocycles. The fourth-order valence-corrected chi connectivity index (χ4v) is 1.52. The third-order valence-corrected chi connectivity index (χ3v) is 2.21. The number of fused-ring (bicyclic) bond motifs is 1. The fourth-order valence-electron chi connectivity index (χ4n) is 1.52. The lowest BCUT2D eigenvalue weighted by atomic mass is 10.1. The van der Waals surface area contributed by atoms with Crippen LogP contribution in [0.2, 0.25) is 0 Å². The predicted octanol–water partition coefficient (Wildman–Crippen LogP) is 2.03. The highest BCUT2D eigenvalue weighted by Crippen LogP contribution is 2.31. The van der Waals surface area contributed by atoms with Crippen LogP contribution >= 0.6 is 0 Å². The lowest BCUT2D eigenvalue weighted by Gasteiger charge is -2.09. The van der Waals surface area contributed by atoms with Gasteiger partial charge in [-0.1, -0.05) is 0 Å². The molecule has 1 atom stereocenters. The molecule has 0 aliphatic carbocycles. The topological polar surface area (TPSA) is 29.5 Å². The summed E-state index contributed by atoms with van der Waals surface area (Å²) in [4.78, 5) is 0. The Morgan fingerprint density at radius 3 is 3.15 bits per heavy atom. The van der Waals surface area contributed by atoms with Gasteiger partial charge in [-0.25, -0.2) is 4.39 Å². The molecule has 1 N–H and O–H groups in total. The second kappa shape index (κ2) is 3.34. The highest BCUT2D eigenvalue weighted by Gasteiger charge is 2.17. The van der Waals surface area contributed by atoms with Gasteiger partial charge in [0.1, 0.15) is 11.6 Å². The minimum atomic E-state index is -0.516. The molecule has 13 heavy (non-hydrogen) atoms. The molecule has 0 radical (unpaired) electrons. The van der Waals surface area contributed by atoms with Crippen molar-refractivity contribution in [2.75, 3.05) is 6.61 Å². The summed E-state index contributed by atoms with van der Waals surface area (Å²) in [7, 11) is 0. The Kier molecular flexibility index (Phi) is 2.19. The van der Waals surface area contributed by atoms with Crippen LogP contribution in [0.15, 0.2) is 18.2 Å². The molecule has 0 spiro atoms. The summed E-state index contributed by atoms with van der Waals surface area (Å²) in [5.74, 6) is 0.151. The first-order valence-electron chi connectivity index (χ1n) is 4.37. The van der Waals surface area contributed by atoms with Crippen LogP contribution in [0.25, 0.3) is 0 Å². The molecule has 0 aromatic heterocycles. The Hall–Kier alpha value is -1.09. The summed E-state index contributed by atoms with van der Waals surface area (Å²) in [6.45, 7) is 0.549. The first-order valence-corrected chi connectivity index (χ1v) is 4.37. The van der Waals surface area contributed by atoms with Crippen molar-refractivity contribution in [1.82, 2.24) is 0 Å². The molecule has 1 aliphatic heterocycles. The molecule has 70 valence electrons. The van der Waals surface area contributed by atoms with Gasteiger partial charge >= 0.3 is 0 Å². The van der Waals surface area contributed by atoms with Crippen molar-refractivity contribution < 1.29 is 14.2 Å². The van der Waals surface area contributed by atoms with Gasteiger partial charge in [-0.05, 0) is 25.0 Å². The van der Waals surface area contributed by atoms with Gasteiger partial charge in [-0.3, -0.25) is 0 Å². The molecule has 1 heterocycles. The molecule has 1 unspecified atom stereocenters. The first-order chi connectivity index (χ1) is 6.27. The molecule has 2 rings (SSSR count). The number of ether oxygens (including phenoxy) is 1. The van der Waals surface area contributed by atoms with E-state index in [1.807, 2.05) is 0 Å². The molecule has 0 saturated heterocycles. The molecule has 0 bridgehead atoms. The molecule has 0 fully saturated rings. The van der Waals surface area contributed by atoms with Crippen LogP contribution in [-0.2, 0) is 0 Å². The van der Waals surface area contributed by atoms with Crippen molar-refractivity contribution in [3.63, 3.8) is 0 Å². The van der Waals surface area contributed by atoms with Gasteiger partial charge in [0.2, 0.25) is 0 Å². The molecule has 1 aliphatic rings. The van der Waals surface area contributed by atoms with E-state index in [1.165, 1.54) is 12.1 Å². The summed E-state index contributed by atoms with van der Waals surface area (Å²) in [5, 5.41) is 9.63. The van der Waals surface area contributed by atoms with Crippen molar-refractivity contribution in [3.8, 4) is 5.75 Å². The quantitative estimate of drug-likeness (QED) is 0.665. The molecular weight excluding hydrogens is 171 g/mol. The van der Waals surface area contributed by atoms with E-state index in [2.05, 4.69) is 0 Å². The number of rotatable bonds is 0. The van der Waals surface area contributed by atoms with Crippen LogP contribution in [0.4, 0.5) is 4.39 Å². The number of benzene rings is 1. The number of hydrogen-bond acceptors (Lipinski definition) is 2. The van der Waals surface area contributed by atoms with Gasteiger partial charge in [0, 0.05) is 11.6 Å². The number of aliphatic hydroxyl groups excluding tert-OH is 1. The highest BCUT2D eigenvalue weighted by molar-refractivity contribution is 5.36. The van der Waals surface area contributed by atoms with Crippen LogP contribution in [0.1, 0.15) is 24.5 Å². The lowest BCUT2D eigenvalue weighted by Crippen LogP contribution is -1.96. The van der Waals surface area contributed by atoms with E-state index in [-0.39, 0.29) is 5.82 Å². The van der Waals surface area contributed by atoms with Crippen LogP contribution in [0.3, 0.4) is 0 Å². The number of halogens is 1. The summed E-state index contributed by atoms with van der Waals surface area (Å²) in [6.07, 6.45) is 0.967. The van der Waals surface area contributed by atoms with Crippen molar-refractivity contribution in [2.24, 2.45) is 0 Å². The predicted molar refractivity (Wildman–Crippen MR) is 46.1 cm³/mol. The van der Waals surface area contributed by atoms with E-state index in [9.17, 15) is 9.50 Å². The first kappa shape index (κ1) is 8.51. The Bertz CT molecular complexity index is 312. The van der Waals surface area contributed by atoms with Crippen LogP contribution in [-0.4, -0.2) is 11.7 Å². The van der Waals surface area contributed by atoms with Crippen LogP contribution in [0.5, 0.6) is 5.75 Å². The average molecular weight is 182 g/mol. The van der Waals surface area contributed by atoms with E-state index < -0.39 is 6.10 Å². The third-order valence-electron chi connectivity index (χ3n) is 2.21. The zero-order valence-corrected chi connectivity index (χ0v) is 7.16. The minimum absolute atomic E-state index is 0.326. The zero-order valence-electron chi connectivity index (χ0n) is 7.16. The highest BCUT2D eigenvalue weighted by atomic mass is 19.1. The Morgan fingerprint density at radius 1 is 1.46 bits per heavy atom. The Morgan fingerprint density at radius 2 is 2.31 bits per heavy atom. The third kappa shape index (κ3) is 1.65. The smallest absolute Gasteiger partial charge is 0.128 e. The average Bonchev–Trinajstić information content (AvgIpc) is 2.28. The van der Waals surface area contributed by atoms with Crippen molar-refractivity contribution in [1.29, 1.82) is 0 Å². The molecule has 1 aromatic rings. The van der Waals surface area contributed by atoms with Crippen LogP contribution in [0, 0.1) is 5.82 Å². The van der Waals surface area contributed by atoms with Gasteiger partial charge in [0.05, 0.1) is 12.7 Å². The lowest BCUT2D eigenvalue weighted by molar-refractivity contribution is 0.167. The van der Waals surface area contributed by atoms with Gasteiger partial charge in [0.25, 0.3) is 0 Å². The standard InChI is InChI=1S/C10H11FO2/c11-7-3-4-8-9(12)2-1-5-13-10(8)6-7/h3-4,6,9,12H,1-2,5H2.